The van der Waals surface area contributed by atoms with E-state index in [4.69, 9.17) is 11.6 Å². The van der Waals surface area contributed by atoms with Crippen LogP contribution in [0.4, 0.5) is 13.2 Å². The third-order valence-electron chi connectivity index (χ3n) is 2.25. The van der Waals surface area contributed by atoms with Crippen LogP contribution in [0.25, 0.3) is 0 Å². The maximum absolute atomic E-state index is 11.9. The van der Waals surface area contributed by atoms with Gasteiger partial charge in [-0.3, -0.25) is 4.79 Å². The lowest BCUT2D eigenvalue weighted by Crippen LogP contribution is -2.30. The van der Waals surface area contributed by atoms with Crippen LogP contribution in [0.1, 0.15) is 11.7 Å². The van der Waals surface area contributed by atoms with Crippen molar-refractivity contribution in [1.29, 1.82) is 0 Å². The predicted octanol–water partition coefficient (Wildman–Crippen LogP) is 2.79. The molecule has 0 aliphatic carbocycles. The van der Waals surface area contributed by atoms with Gasteiger partial charge in [-0.25, -0.2) is 0 Å². The Morgan fingerprint density at radius 1 is 1.35 bits per heavy atom. The second-order valence-corrected chi connectivity index (χ2v) is 5.40. The highest BCUT2D eigenvalue weighted by atomic mass is 35.5. The summed E-state index contributed by atoms with van der Waals surface area (Å²) in [6.07, 6.45) is -5.21. The van der Waals surface area contributed by atoms with E-state index >= 15 is 0 Å². The molecule has 20 heavy (non-hydrogen) atoms. The molecule has 1 aromatic carbocycles. The number of benzene rings is 1. The Balaban J connectivity index is 2.28. The fourth-order valence-corrected chi connectivity index (χ4v) is 2.07. The van der Waals surface area contributed by atoms with Gasteiger partial charge < -0.3 is 10.4 Å². The van der Waals surface area contributed by atoms with Crippen molar-refractivity contribution in [2.24, 2.45) is 0 Å². The molecule has 0 aliphatic heterocycles. The third-order valence-corrected chi connectivity index (χ3v) is 3.50. The van der Waals surface area contributed by atoms with Crippen LogP contribution < -0.4 is 5.32 Å². The maximum Gasteiger partial charge on any atom is 0.397 e. The summed E-state index contributed by atoms with van der Waals surface area (Å²) >= 11 is 6.17. The molecule has 3 nitrogen and oxygen atoms in total. The largest absolute Gasteiger partial charge is 0.397 e. The Morgan fingerprint density at radius 2 is 1.95 bits per heavy atom. The Bertz CT molecular complexity index is 439. The van der Waals surface area contributed by atoms with E-state index in [1.165, 1.54) is 0 Å². The van der Waals surface area contributed by atoms with E-state index in [-0.39, 0.29) is 12.3 Å². The molecule has 0 saturated carbocycles. The number of thioether (sulfide) groups is 1. The van der Waals surface area contributed by atoms with E-state index in [9.17, 15) is 23.1 Å². The van der Waals surface area contributed by atoms with Crippen LogP contribution in [0.2, 0.25) is 5.02 Å². The van der Waals surface area contributed by atoms with Crippen molar-refractivity contribution >= 4 is 29.3 Å². The van der Waals surface area contributed by atoms with E-state index in [0.29, 0.717) is 22.3 Å². The number of nitrogens with one attached hydrogen (secondary N) is 1. The van der Waals surface area contributed by atoms with Gasteiger partial charge >= 0.3 is 6.18 Å². The fraction of sp³-hybridized carbons (Fsp3) is 0.417. The van der Waals surface area contributed by atoms with Crippen molar-refractivity contribution in [1.82, 2.24) is 5.32 Å². The highest BCUT2D eigenvalue weighted by Gasteiger charge is 2.27. The summed E-state index contributed by atoms with van der Waals surface area (Å²) in [6, 6.07) is 6.41. The second kappa shape index (κ2) is 7.75. The van der Waals surface area contributed by atoms with Crippen LogP contribution in [0.5, 0.6) is 0 Å². The van der Waals surface area contributed by atoms with Gasteiger partial charge in [0.25, 0.3) is 0 Å². The van der Waals surface area contributed by atoms with E-state index in [1.54, 1.807) is 24.3 Å². The standard InChI is InChI=1S/C12H13ClF3NO2S/c13-9-3-1-8(2-4-9)10(18)5-17-11(19)6-20-7-12(14,15)16/h1-4,10,18H,5-7H2,(H,17,19). The summed E-state index contributed by atoms with van der Waals surface area (Å²) in [4.78, 5) is 11.3. The molecule has 0 bridgehead atoms. The number of aliphatic hydroxyl groups is 1. The zero-order valence-corrected chi connectivity index (χ0v) is 11.9. The van der Waals surface area contributed by atoms with Gasteiger partial charge in [0.1, 0.15) is 0 Å². The summed E-state index contributed by atoms with van der Waals surface area (Å²) < 4.78 is 35.6. The Labute approximate surface area is 123 Å². The molecule has 1 aromatic rings. The minimum Gasteiger partial charge on any atom is -0.387 e. The van der Waals surface area contributed by atoms with Gasteiger partial charge in [-0.2, -0.15) is 13.2 Å². The Morgan fingerprint density at radius 3 is 2.50 bits per heavy atom. The first-order valence-corrected chi connectivity index (χ1v) is 7.16. The summed E-state index contributed by atoms with van der Waals surface area (Å²) in [5, 5.41) is 12.7. The molecule has 1 amide bonds. The lowest BCUT2D eigenvalue weighted by atomic mass is 10.1. The summed E-state index contributed by atoms with van der Waals surface area (Å²) in [6.45, 7) is -0.0625. The van der Waals surface area contributed by atoms with Crippen LogP contribution in [-0.2, 0) is 4.79 Å². The fourth-order valence-electron chi connectivity index (χ4n) is 1.32. The van der Waals surface area contributed by atoms with Gasteiger partial charge in [0, 0.05) is 11.6 Å². The quantitative estimate of drug-likeness (QED) is 0.844. The molecule has 0 aromatic heterocycles. The van der Waals surface area contributed by atoms with Crippen LogP contribution >= 0.6 is 23.4 Å². The van der Waals surface area contributed by atoms with Crippen LogP contribution in [0, 0.1) is 0 Å². The average Bonchev–Trinajstić information content (AvgIpc) is 2.35. The molecule has 0 fully saturated rings. The van der Waals surface area contributed by atoms with Crippen molar-refractivity contribution in [3.63, 3.8) is 0 Å². The number of aliphatic hydroxyl groups excluding tert-OH is 1. The number of amides is 1. The minimum atomic E-state index is -4.28. The van der Waals surface area contributed by atoms with Crippen molar-refractivity contribution < 1.29 is 23.1 Å². The monoisotopic (exact) mass is 327 g/mol. The van der Waals surface area contributed by atoms with Crippen molar-refractivity contribution in [3.8, 4) is 0 Å². The number of rotatable bonds is 6. The summed E-state index contributed by atoms with van der Waals surface area (Å²) in [5.41, 5.74) is 0.567. The Kier molecular flexibility index (Phi) is 6.64. The number of carbonyl (C=O) groups excluding carboxylic acids is 1. The number of halogens is 4. The molecule has 0 spiro atoms. The van der Waals surface area contributed by atoms with E-state index < -0.39 is 23.9 Å². The van der Waals surface area contributed by atoms with Gasteiger partial charge in [0.2, 0.25) is 5.91 Å². The SMILES string of the molecule is O=C(CSCC(F)(F)F)NCC(O)c1ccc(Cl)cc1. The van der Waals surface area contributed by atoms with Crippen molar-refractivity contribution in [3.05, 3.63) is 34.9 Å². The first kappa shape index (κ1) is 17.1. The van der Waals surface area contributed by atoms with Crippen LogP contribution in [0.3, 0.4) is 0 Å². The highest BCUT2D eigenvalue weighted by molar-refractivity contribution is 8.00. The molecule has 8 heteroatoms. The number of hydrogen-bond acceptors (Lipinski definition) is 3. The molecular weight excluding hydrogens is 315 g/mol. The second-order valence-electron chi connectivity index (χ2n) is 3.98. The zero-order valence-electron chi connectivity index (χ0n) is 10.3. The lowest BCUT2D eigenvalue weighted by Gasteiger charge is -2.12. The molecule has 0 radical (unpaired) electrons. The first-order chi connectivity index (χ1) is 9.28. The minimum absolute atomic E-state index is 0.0625. The molecule has 1 atom stereocenters. The topological polar surface area (TPSA) is 49.3 Å². The number of hydrogen-bond donors (Lipinski definition) is 2. The predicted molar refractivity (Wildman–Crippen MR) is 72.8 cm³/mol. The van der Waals surface area contributed by atoms with E-state index in [0.717, 1.165) is 0 Å². The van der Waals surface area contributed by atoms with Gasteiger partial charge in [0.05, 0.1) is 17.6 Å². The average molecular weight is 328 g/mol. The molecule has 0 saturated heterocycles. The molecule has 2 N–H and O–H groups in total. The van der Waals surface area contributed by atoms with Gasteiger partial charge in [0.15, 0.2) is 0 Å². The molecular formula is C12H13ClF3NO2S. The normalized spacial score (nSPS) is 13.1. The lowest BCUT2D eigenvalue weighted by molar-refractivity contribution is -0.119. The smallest absolute Gasteiger partial charge is 0.387 e. The van der Waals surface area contributed by atoms with E-state index in [2.05, 4.69) is 5.32 Å². The first-order valence-electron chi connectivity index (χ1n) is 5.62. The number of alkyl halides is 3. The number of carbonyl (C=O) groups is 1. The van der Waals surface area contributed by atoms with Crippen molar-refractivity contribution in [2.75, 3.05) is 18.1 Å². The summed E-state index contributed by atoms with van der Waals surface area (Å²) in [7, 11) is 0. The molecule has 0 aliphatic rings. The zero-order chi connectivity index (χ0) is 15.2. The van der Waals surface area contributed by atoms with Gasteiger partial charge in [-0.1, -0.05) is 23.7 Å². The highest BCUT2D eigenvalue weighted by Crippen LogP contribution is 2.20. The molecule has 1 unspecified atom stereocenters. The third kappa shape index (κ3) is 7.02. The van der Waals surface area contributed by atoms with Gasteiger partial charge in [-0.05, 0) is 17.7 Å². The van der Waals surface area contributed by atoms with Crippen molar-refractivity contribution in [2.45, 2.75) is 12.3 Å². The Hall–Kier alpha value is -0.920. The van der Waals surface area contributed by atoms with E-state index in [1.807, 2.05) is 0 Å². The van der Waals surface area contributed by atoms with Crippen LogP contribution in [0.15, 0.2) is 24.3 Å². The molecule has 112 valence electrons. The maximum atomic E-state index is 11.9. The molecule has 0 heterocycles. The summed E-state index contributed by atoms with van der Waals surface area (Å²) in [5.74, 6) is -1.92. The molecule has 1 rings (SSSR count). The van der Waals surface area contributed by atoms with Gasteiger partial charge in [-0.15, -0.1) is 11.8 Å². The van der Waals surface area contributed by atoms with Crippen LogP contribution in [-0.4, -0.2) is 35.2 Å².